The van der Waals surface area contributed by atoms with Crippen molar-refractivity contribution >= 4 is 16.8 Å². The molecule has 0 aliphatic rings. The molecule has 18 heavy (non-hydrogen) atoms. The Hall–Kier alpha value is -2.49. The predicted octanol–water partition coefficient (Wildman–Crippen LogP) is 2.83. The van der Waals surface area contributed by atoms with E-state index < -0.39 is 0 Å². The SMILES string of the molecule is CC(=O)c1cccc(-c2nc3ccccc3[nH]2)n1. The predicted molar refractivity (Wildman–Crippen MR) is 69.3 cm³/mol. The van der Waals surface area contributed by atoms with Crippen molar-refractivity contribution in [2.45, 2.75) is 6.92 Å². The molecular formula is C14H11N3O. The zero-order valence-corrected chi connectivity index (χ0v) is 9.84. The molecule has 3 rings (SSSR count). The van der Waals surface area contributed by atoms with E-state index in [9.17, 15) is 4.79 Å². The molecule has 0 saturated heterocycles. The summed E-state index contributed by atoms with van der Waals surface area (Å²) in [7, 11) is 0. The molecule has 0 atom stereocenters. The Morgan fingerprint density at radius 2 is 1.89 bits per heavy atom. The van der Waals surface area contributed by atoms with Crippen LogP contribution < -0.4 is 0 Å². The van der Waals surface area contributed by atoms with Crippen LogP contribution in [0.15, 0.2) is 42.5 Å². The van der Waals surface area contributed by atoms with Gasteiger partial charge in [0.05, 0.1) is 11.0 Å². The third kappa shape index (κ3) is 1.78. The van der Waals surface area contributed by atoms with E-state index in [0.29, 0.717) is 17.2 Å². The van der Waals surface area contributed by atoms with Gasteiger partial charge in [0.1, 0.15) is 11.4 Å². The maximum Gasteiger partial charge on any atom is 0.178 e. The number of Topliss-reactive ketones (excluding diaryl/α,β-unsaturated/α-hetero) is 1. The summed E-state index contributed by atoms with van der Waals surface area (Å²) in [5.74, 6) is 0.632. The number of imidazole rings is 1. The molecule has 1 N–H and O–H groups in total. The molecule has 0 saturated carbocycles. The quantitative estimate of drug-likeness (QED) is 0.697. The smallest absolute Gasteiger partial charge is 0.178 e. The van der Waals surface area contributed by atoms with E-state index in [4.69, 9.17) is 0 Å². The largest absolute Gasteiger partial charge is 0.337 e. The average Bonchev–Trinajstić information content (AvgIpc) is 2.82. The first-order valence-corrected chi connectivity index (χ1v) is 5.67. The van der Waals surface area contributed by atoms with Gasteiger partial charge in [-0.05, 0) is 24.3 Å². The van der Waals surface area contributed by atoms with Gasteiger partial charge in [0, 0.05) is 6.92 Å². The zero-order valence-electron chi connectivity index (χ0n) is 9.84. The van der Waals surface area contributed by atoms with Gasteiger partial charge in [0.25, 0.3) is 0 Å². The van der Waals surface area contributed by atoms with Crippen LogP contribution in [0.1, 0.15) is 17.4 Å². The van der Waals surface area contributed by atoms with Gasteiger partial charge in [-0.15, -0.1) is 0 Å². The van der Waals surface area contributed by atoms with Crippen molar-refractivity contribution in [3.05, 3.63) is 48.2 Å². The number of aromatic nitrogens is 3. The molecule has 0 aliphatic heterocycles. The molecule has 0 spiro atoms. The van der Waals surface area contributed by atoms with E-state index in [-0.39, 0.29) is 5.78 Å². The summed E-state index contributed by atoms with van der Waals surface area (Å²) < 4.78 is 0. The number of carbonyl (C=O) groups is 1. The highest BCUT2D eigenvalue weighted by molar-refractivity contribution is 5.92. The first-order valence-electron chi connectivity index (χ1n) is 5.67. The standard InChI is InChI=1S/C14H11N3O/c1-9(18)10-7-4-8-13(15-10)14-16-11-5-2-3-6-12(11)17-14/h2-8H,1H3,(H,16,17). The first-order chi connectivity index (χ1) is 8.74. The van der Waals surface area contributed by atoms with Crippen LogP contribution in [0.5, 0.6) is 0 Å². The lowest BCUT2D eigenvalue weighted by molar-refractivity contribution is 0.101. The Labute approximate surface area is 104 Å². The highest BCUT2D eigenvalue weighted by Gasteiger charge is 2.08. The molecule has 0 amide bonds. The molecule has 3 aromatic rings. The maximum atomic E-state index is 11.3. The summed E-state index contributed by atoms with van der Waals surface area (Å²) >= 11 is 0. The second-order valence-corrected chi connectivity index (χ2v) is 4.07. The molecular weight excluding hydrogens is 226 g/mol. The molecule has 0 bridgehead atoms. The van der Waals surface area contributed by atoms with Crippen LogP contribution in [-0.2, 0) is 0 Å². The number of pyridine rings is 1. The summed E-state index contributed by atoms with van der Waals surface area (Å²) in [6.45, 7) is 1.50. The van der Waals surface area contributed by atoms with Gasteiger partial charge in [0.15, 0.2) is 11.6 Å². The number of hydrogen-bond acceptors (Lipinski definition) is 3. The Morgan fingerprint density at radius 3 is 2.67 bits per heavy atom. The third-order valence-electron chi connectivity index (χ3n) is 2.74. The number of rotatable bonds is 2. The molecule has 4 nitrogen and oxygen atoms in total. The number of para-hydroxylation sites is 2. The Balaban J connectivity index is 2.13. The van der Waals surface area contributed by atoms with Crippen molar-refractivity contribution < 1.29 is 4.79 Å². The van der Waals surface area contributed by atoms with E-state index in [1.54, 1.807) is 6.07 Å². The van der Waals surface area contributed by atoms with Crippen LogP contribution in [0.4, 0.5) is 0 Å². The number of hydrogen-bond donors (Lipinski definition) is 1. The first kappa shape index (κ1) is 10.7. The molecule has 0 radical (unpaired) electrons. The number of carbonyl (C=O) groups excluding carboxylic acids is 1. The molecule has 2 aromatic heterocycles. The van der Waals surface area contributed by atoms with Crippen LogP contribution in [0.2, 0.25) is 0 Å². The number of nitrogens with zero attached hydrogens (tertiary/aromatic N) is 2. The van der Waals surface area contributed by atoms with Gasteiger partial charge in [-0.1, -0.05) is 18.2 Å². The Kier molecular flexibility index (Phi) is 2.41. The summed E-state index contributed by atoms with van der Waals surface area (Å²) in [6.07, 6.45) is 0. The van der Waals surface area contributed by atoms with E-state index in [1.165, 1.54) is 6.92 Å². The van der Waals surface area contributed by atoms with Gasteiger partial charge in [0.2, 0.25) is 0 Å². The van der Waals surface area contributed by atoms with Crippen molar-refractivity contribution in [1.82, 2.24) is 15.0 Å². The van der Waals surface area contributed by atoms with Crippen LogP contribution in [-0.4, -0.2) is 20.7 Å². The van der Waals surface area contributed by atoms with E-state index in [0.717, 1.165) is 11.0 Å². The van der Waals surface area contributed by atoms with Gasteiger partial charge < -0.3 is 4.98 Å². The number of aromatic amines is 1. The second-order valence-electron chi connectivity index (χ2n) is 4.07. The van der Waals surface area contributed by atoms with Crippen molar-refractivity contribution in [2.75, 3.05) is 0 Å². The summed E-state index contributed by atoms with van der Waals surface area (Å²) in [4.78, 5) is 23.2. The number of ketones is 1. The lowest BCUT2D eigenvalue weighted by Crippen LogP contribution is -1.97. The van der Waals surface area contributed by atoms with Crippen LogP contribution in [0, 0.1) is 0 Å². The van der Waals surface area contributed by atoms with Gasteiger partial charge in [-0.3, -0.25) is 4.79 Å². The van der Waals surface area contributed by atoms with Gasteiger partial charge in [-0.2, -0.15) is 0 Å². The third-order valence-corrected chi connectivity index (χ3v) is 2.74. The maximum absolute atomic E-state index is 11.3. The van der Waals surface area contributed by atoms with Crippen molar-refractivity contribution in [3.63, 3.8) is 0 Å². The Morgan fingerprint density at radius 1 is 1.06 bits per heavy atom. The summed E-state index contributed by atoms with van der Waals surface area (Å²) in [5, 5.41) is 0. The molecule has 88 valence electrons. The lowest BCUT2D eigenvalue weighted by Gasteiger charge is -1.98. The molecule has 2 heterocycles. The van der Waals surface area contributed by atoms with E-state index in [1.807, 2.05) is 36.4 Å². The fourth-order valence-corrected chi connectivity index (χ4v) is 1.84. The van der Waals surface area contributed by atoms with Crippen molar-refractivity contribution in [3.8, 4) is 11.5 Å². The molecule has 0 unspecified atom stereocenters. The number of H-pyrrole nitrogens is 1. The minimum Gasteiger partial charge on any atom is -0.337 e. The number of nitrogens with one attached hydrogen (secondary N) is 1. The van der Waals surface area contributed by atoms with Gasteiger partial charge in [-0.25, -0.2) is 9.97 Å². The van der Waals surface area contributed by atoms with Crippen molar-refractivity contribution in [1.29, 1.82) is 0 Å². The van der Waals surface area contributed by atoms with Gasteiger partial charge >= 0.3 is 0 Å². The summed E-state index contributed by atoms with van der Waals surface area (Å²) in [6, 6.07) is 13.1. The average molecular weight is 237 g/mol. The van der Waals surface area contributed by atoms with Crippen molar-refractivity contribution in [2.24, 2.45) is 0 Å². The zero-order chi connectivity index (χ0) is 12.5. The Bertz CT molecular complexity index is 697. The number of benzene rings is 1. The second kappa shape index (κ2) is 4.07. The normalized spacial score (nSPS) is 10.7. The van der Waals surface area contributed by atoms with E-state index >= 15 is 0 Å². The van der Waals surface area contributed by atoms with Crippen LogP contribution >= 0.6 is 0 Å². The minimum atomic E-state index is -0.0482. The monoisotopic (exact) mass is 237 g/mol. The number of fused-ring (bicyclic) bond motifs is 1. The van der Waals surface area contributed by atoms with E-state index in [2.05, 4.69) is 15.0 Å². The fourth-order valence-electron chi connectivity index (χ4n) is 1.84. The fraction of sp³-hybridized carbons (Fsp3) is 0.0714. The molecule has 1 aromatic carbocycles. The molecule has 4 heteroatoms. The minimum absolute atomic E-state index is 0.0482. The van der Waals surface area contributed by atoms with Crippen LogP contribution in [0.25, 0.3) is 22.6 Å². The molecule has 0 fully saturated rings. The highest BCUT2D eigenvalue weighted by Crippen LogP contribution is 2.18. The van der Waals surface area contributed by atoms with Crippen LogP contribution in [0.3, 0.4) is 0 Å². The topological polar surface area (TPSA) is 58.6 Å². The molecule has 0 aliphatic carbocycles. The highest BCUT2D eigenvalue weighted by atomic mass is 16.1. The summed E-state index contributed by atoms with van der Waals surface area (Å²) in [5.41, 5.74) is 2.98. The lowest BCUT2D eigenvalue weighted by atomic mass is 10.2.